The molecule has 1 aromatic carbocycles. The number of aromatic nitrogens is 2. The Morgan fingerprint density at radius 1 is 1.08 bits per heavy atom. The molecule has 6 nitrogen and oxygen atoms in total. The van der Waals surface area contributed by atoms with E-state index < -0.39 is 0 Å². The van der Waals surface area contributed by atoms with Crippen LogP contribution >= 0.6 is 0 Å². The molecule has 1 aromatic heterocycles. The number of benzene rings is 1. The molecule has 2 aromatic rings. The molecule has 6 heteroatoms. The zero-order chi connectivity index (χ0) is 17.9. The molecule has 1 amide bonds. The number of anilines is 1. The summed E-state index contributed by atoms with van der Waals surface area (Å²) in [5.41, 5.74) is 3.19. The topological polar surface area (TPSA) is 58.6 Å². The molecule has 0 radical (unpaired) electrons. The highest BCUT2D eigenvalue weighted by molar-refractivity contribution is 5.94. The van der Waals surface area contributed by atoms with Crippen LogP contribution in [0.25, 0.3) is 0 Å². The number of carbonyl (C=O) groups excluding carboxylic acids is 1. The zero-order valence-corrected chi connectivity index (χ0v) is 15.1. The summed E-state index contributed by atoms with van der Waals surface area (Å²) in [4.78, 5) is 16.8. The van der Waals surface area contributed by atoms with Crippen molar-refractivity contribution in [3.8, 4) is 5.75 Å². The number of aryl methyl sites for hydroxylation is 2. The molecule has 136 valence electrons. The average molecular weight is 352 g/mol. The fraction of sp³-hybridized carbons (Fsp3) is 0.450. The molecule has 0 atom stereocenters. The Balaban J connectivity index is 1.37. The van der Waals surface area contributed by atoms with E-state index in [2.05, 4.69) is 21.2 Å². The van der Waals surface area contributed by atoms with Crippen molar-refractivity contribution < 1.29 is 9.53 Å². The van der Waals surface area contributed by atoms with E-state index >= 15 is 0 Å². The van der Waals surface area contributed by atoms with Gasteiger partial charge in [0.15, 0.2) is 5.82 Å². The van der Waals surface area contributed by atoms with Crippen molar-refractivity contribution in [3.63, 3.8) is 0 Å². The van der Waals surface area contributed by atoms with Gasteiger partial charge in [0.05, 0.1) is 12.3 Å². The number of carbonyl (C=O) groups is 1. The number of hydrogen-bond acceptors (Lipinski definition) is 5. The van der Waals surface area contributed by atoms with Crippen LogP contribution in [0.4, 0.5) is 5.82 Å². The number of amides is 1. The van der Waals surface area contributed by atoms with Gasteiger partial charge in [0.25, 0.3) is 5.91 Å². The van der Waals surface area contributed by atoms with Crippen LogP contribution in [0.15, 0.2) is 30.3 Å². The third-order valence-corrected chi connectivity index (χ3v) is 5.11. The second-order valence-electron chi connectivity index (χ2n) is 6.76. The van der Waals surface area contributed by atoms with Crippen molar-refractivity contribution in [3.05, 3.63) is 47.2 Å². The molecule has 0 unspecified atom stereocenters. The molecule has 26 heavy (non-hydrogen) atoms. The summed E-state index contributed by atoms with van der Waals surface area (Å²) in [6.45, 7) is 5.55. The molecule has 0 N–H and O–H groups in total. The van der Waals surface area contributed by atoms with Crippen molar-refractivity contribution in [1.82, 2.24) is 15.1 Å². The van der Waals surface area contributed by atoms with Gasteiger partial charge >= 0.3 is 0 Å². The quantitative estimate of drug-likeness (QED) is 0.845. The molecule has 0 spiro atoms. The molecule has 2 aliphatic rings. The SMILES string of the molecule is CCOc1ccc(C(=O)N2CCN(c3cc4c(nn3)CCC4)CC2)cc1. The van der Waals surface area contributed by atoms with Crippen molar-refractivity contribution in [2.45, 2.75) is 26.2 Å². The largest absolute Gasteiger partial charge is 0.494 e. The van der Waals surface area contributed by atoms with Gasteiger partial charge in [-0.15, -0.1) is 5.10 Å². The molecule has 2 heterocycles. The number of piperazine rings is 1. The summed E-state index contributed by atoms with van der Waals surface area (Å²) < 4.78 is 5.44. The van der Waals surface area contributed by atoms with E-state index in [0.29, 0.717) is 25.3 Å². The lowest BCUT2D eigenvalue weighted by Gasteiger charge is -2.35. The maximum atomic E-state index is 12.7. The van der Waals surface area contributed by atoms with Crippen LogP contribution in [0.5, 0.6) is 5.75 Å². The van der Waals surface area contributed by atoms with Gasteiger partial charge in [-0.1, -0.05) is 0 Å². The first-order valence-corrected chi connectivity index (χ1v) is 9.37. The van der Waals surface area contributed by atoms with Gasteiger partial charge in [-0.2, -0.15) is 5.10 Å². The van der Waals surface area contributed by atoms with E-state index in [4.69, 9.17) is 4.74 Å². The predicted octanol–water partition coefficient (Wildman–Crippen LogP) is 2.33. The molecule has 1 fully saturated rings. The molecule has 1 aliphatic carbocycles. The van der Waals surface area contributed by atoms with Crippen molar-refractivity contribution >= 4 is 11.7 Å². The van der Waals surface area contributed by atoms with Crippen LogP contribution in [0.2, 0.25) is 0 Å². The molecule has 4 rings (SSSR count). The lowest BCUT2D eigenvalue weighted by atomic mass is 10.1. The number of ether oxygens (including phenoxy) is 1. The molecule has 0 bridgehead atoms. The third-order valence-electron chi connectivity index (χ3n) is 5.11. The first-order chi connectivity index (χ1) is 12.7. The Labute approximate surface area is 153 Å². The van der Waals surface area contributed by atoms with Crippen LogP contribution in [0, 0.1) is 0 Å². The normalized spacial score (nSPS) is 16.5. The number of hydrogen-bond donors (Lipinski definition) is 0. The van der Waals surface area contributed by atoms with E-state index in [9.17, 15) is 4.79 Å². The summed E-state index contributed by atoms with van der Waals surface area (Å²) in [6.07, 6.45) is 3.33. The van der Waals surface area contributed by atoms with Crippen LogP contribution < -0.4 is 9.64 Å². The summed E-state index contributed by atoms with van der Waals surface area (Å²) >= 11 is 0. The fourth-order valence-electron chi connectivity index (χ4n) is 3.65. The maximum Gasteiger partial charge on any atom is 0.253 e. The van der Waals surface area contributed by atoms with Crippen LogP contribution in [-0.4, -0.2) is 53.8 Å². The van der Waals surface area contributed by atoms with E-state index in [0.717, 1.165) is 43.2 Å². The fourth-order valence-corrected chi connectivity index (χ4v) is 3.65. The van der Waals surface area contributed by atoms with Crippen LogP contribution in [0.1, 0.15) is 35.0 Å². The highest BCUT2D eigenvalue weighted by atomic mass is 16.5. The van der Waals surface area contributed by atoms with E-state index in [-0.39, 0.29) is 5.91 Å². The Morgan fingerprint density at radius 2 is 1.85 bits per heavy atom. The van der Waals surface area contributed by atoms with Gasteiger partial charge in [0.1, 0.15) is 5.75 Å². The number of nitrogens with zero attached hydrogens (tertiary/aromatic N) is 4. The van der Waals surface area contributed by atoms with E-state index in [1.807, 2.05) is 36.1 Å². The molecule has 1 aliphatic heterocycles. The Kier molecular flexibility index (Phi) is 4.73. The molecule has 1 saturated heterocycles. The van der Waals surface area contributed by atoms with Crippen LogP contribution in [0.3, 0.4) is 0 Å². The van der Waals surface area contributed by atoms with E-state index in [1.165, 1.54) is 12.0 Å². The number of fused-ring (bicyclic) bond motifs is 1. The Morgan fingerprint density at radius 3 is 2.58 bits per heavy atom. The third kappa shape index (κ3) is 3.36. The summed E-state index contributed by atoms with van der Waals surface area (Å²) in [5.74, 6) is 1.82. The first-order valence-electron chi connectivity index (χ1n) is 9.37. The van der Waals surface area contributed by atoms with Gasteiger partial charge in [-0.3, -0.25) is 4.79 Å². The van der Waals surface area contributed by atoms with Crippen molar-refractivity contribution in [2.24, 2.45) is 0 Å². The summed E-state index contributed by atoms with van der Waals surface area (Å²) in [5, 5.41) is 8.76. The first kappa shape index (κ1) is 16.8. The average Bonchev–Trinajstić information content (AvgIpc) is 3.16. The maximum absolute atomic E-state index is 12.7. The van der Waals surface area contributed by atoms with Gasteiger partial charge in [-0.05, 0) is 62.1 Å². The standard InChI is InChI=1S/C20H24N4O2/c1-2-26-17-8-6-15(7-9-17)20(25)24-12-10-23(11-13-24)19-14-16-4-3-5-18(16)21-22-19/h6-9,14H,2-5,10-13H2,1H3. The highest BCUT2D eigenvalue weighted by Gasteiger charge is 2.24. The lowest BCUT2D eigenvalue weighted by Crippen LogP contribution is -2.49. The minimum atomic E-state index is 0.0766. The van der Waals surface area contributed by atoms with Crippen LogP contribution in [-0.2, 0) is 12.8 Å². The van der Waals surface area contributed by atoms with E-state index in [1.54, 1.807) is 0 Å². The highest BCUT2D eigenvalue weighted by Crippen LogP contribution is 2.23. The zero-order valence-electron chi connectivity index (χ0n) is 15.1. The van der Waals surface area contributed by atoms with Gasteiger partial charge in [0.2, 0.25) is 0 Å². The van der Waals surface area contributed by atoms with Gasteiger partial charge < -0.3 is 14.5 Å². The molecular formula is C20H24N4O2. The summed E-state index contributed by atoms with van der Waals surface area (Å²) in [7, 11) is 0. The summed E-state index contributed by atoms with van der Waals surface area (Å²) in [6, 6.07) is 9.57. The monoisotopic (exact) mass is 352 g/mol. The molecular weight excluding hydrogens is 328 g/mol. The van der Waals surface area contributed by atoms with Crippen molar-refractivity contribution in [1.29, 1.82) is 0 Å². The van der Waals surface area contributed by atoms with Gasteiger partial charge in [-0.25, -0.2) is 0 Å². The van der Waals surface area contributed by atoms with Gasteiger partial charge in [0, 0.05) is 31.7 Å². The number of rotatable bonds is 4. The minimum Gasteiger partial charge on any atom is -0.494 e. The Hall–Kier alpha value is -2.63. The Bertz CT molecular complexity index is 783. The second kappa shape index (κ2) is 7.32. The predicted molar refractivity (Wildman–Crippen MR) is 99.8 cm³/mol. The lowest BCUT2D eigenvalue weighted by molar-refractivity contribution is 0.0746. The second-order valence-corrected chi connectivity index (χ2v) is 6.76. The molecule has 0 saturated carbocycles. The van der Waals surface area contributed by atoms with Crippen molar-refractivity contribution in [2.75, 3.05) is 37.7 Å². The minimum absolute atomic E-state index is 0.0766. The smallest absolute Gasteiger partial charge is 0.253 e.